The van der Waals surface area contributed by atoms with Crippen molar-refractivity contribution in [2.24, 2.45) is 0 Å². The van der Waals surface area contributed by atoms with Crippen LogP contribution in [0.2, 0.25) is 0 Å². The first-order valence-corrected chi connectivity index (χ1v) is 9.68. The number of aliphatic carboxylic acids is 1. The molecular formula is C20H34O6. The van der Waals surface area contributed by atoms with Crippen LogP contribution in [0.15, 0.2) is 24.3 Å². The maximum Gasteiger partial charge on any atom is 0.303 e. The SMILES string of the molecule is CCCCC/C=C\C[C@H](O)/C=C/[C@H]1O[C@H]([C@@H](O)CCCC(=O)O)C[C@H]1O. The lowest BCUT2D eigenvalue weighted by molar-refractivity contribution is -0.137. The first-order chi connectivity index (χ1) is 12.4. The number of unbranched alkanes of at least 4 members (excludes halogenated alkanes) is 3. The Kier molecular flexibility index (Phi) is 11.4. The molecule has 0 saturated carbocycles. The molecule has 1 aliphatic rings. The summed E-state index contributed by atoms with van der Waals surface area (Å²) in [7, 11) is 0. The van der Waals surface area contributed by atoms with E-state index < -0.39 is 36.5 Å². The molecule has 1 heterocycles. The molecule has 150 valence electrons. The summed E-state index contributed by atoms with van der Waals surface area (Å²) >= 11 is 0. The molecule has 1 aliphatic heterocycles. The van der Waals surface area contributed by atoms with Gasteiger partial charge in [-0.3, -0.25) is 4.79 Å². The summed E-state index contributed by atoms with van der Waals surface area (Å²) in [5.74, 6) is -0.890. The van der Waals surface area contributed by atoms with Gasteiger partial charge in [-0.25, -0.2) is 0 Å². The molecule has 0 radical (unpaired) electrons. The number of hydrogen-bond donors (Lipinski definition) is 4. The van der Waals surface area contributed by atoms with Crippen LogP contribution in [0, 0.1) is 0 Å². The molecular weight excluding hydrogens is 336 g/mol. The third kappa shape index (κ3) is 9.48. The maximum absolute atomic E-state index is 10.5. The second-order valence-electron chi connectivity index (χ2n) is 6.95. The molecule has 1 rings (SSSR count). The van der Waals surface area contributed by atoms with Gasteiger partial charge in [0.2, 0.25) is 0 Å². The molecule has 0 aromatic rings. The number of carbonyl (C=O) groups is 1. The van der Waals surface area contributed by atoms with Gasteiger partial charge in [-0.15, -0.1) is 0 Å². The van der Waals surface area contributed by atoms with E-state index in [1.54, 1.807) is 12.2 Å². The van der Waals surface area contributed by atoms with Crippen molar-refractivity contribution in [2.75, 3.05) is 0 Å². The predicted molar refractivity (Wildman–Crippen MR) is 99.8 cm³/mol. The summed E-state index contributed by atoms with van der Waals surface area (Å²) in [5.41, 5.74) is 0. The Morgan fingerprint density at radius 1 is 1.23 bits per heavy atom. The van der Waals surface area contributed by atoms with Crippen LogP contribution in [0.1, 0.15) is 64.7 Å². The van der Waals surface area contributed by atoms with Crippen molar-refractivity contribution in [3.8, 4) is 0 Å². The fourth-order valence-corrected chi connectivity index (χ4v) is 2.97. The largest absolute Gasteiger partial charge is 0.481 e. The molecule has 4 N–H and O–H groups in total. The minimum Gasteiger partial charge on any atom is -0.481 e. The van der Waals surface area contributed by atoms with Gasteiger partial charge in [-0.05, 0) is 32.1 Å². The Balaban J connectivity index is 2.31. The Labute approximate surface area is 156 Å². The van der Waals surface area contributed by atoms with Gasteiger partial charge in [0.15, 0.2) is 0 Å². The highest BCUT2D eigenvalue weighted by molar-refractivity contribution is 5.66. The van der Waals surface area contributed by atoms with Crippen molar-refractivity contribution in [2.45, 2.75) is 95.2 Å². The van der Waals surface area contributed by atoms with Gasteiger partial charge >= 0.3 is 5.97 Å². The number of aliphatic hydroxyl groups is 3. The number of carboxylic acid groups (broad SMARTS) is 1. The molecule has 0 unspecified atom stereocenters. The Hall–Kier alpha value is -1.21. The van der Waals surface area contributed by atoms with Crippen LogP contribution in [0.4, 0.5) is 0 Å². The van der Waals surface area contributed by atoms with Crippen molar-refractivity contribution in [3.63, 3.8) is 0 Å². The predicted octanol–water partition coefficient (Wildman–Crippen LogP) is 2.56. The van der Waals surface area contributed by atoms with Crippen LogP contribution >= 0.6 is 0 Å². The minimum atomic E-state index is -0.890. The standard InChI is InChI=1S/C20H34O6/c1-2-3-4-5-6-7-9-15(21)12-13-18-17(23)14-19(26-18)16(22)10-8-11-20(24)25/h6-7,12-13,15-19,21-23H,2-5,8-11,14H2,1H3,(H,24,25)/b7-6-,13-12+/t15-,16-,17+,18+,19-/m0/s1. The average molecular weight is 370 g/mol. The molecule has 0 spiro atoms. The van der Waals surface area contributed by atoms with Crippen molar-refractivity contribution < 1.29 is 30.0 Å². The Bertz CT molecular complexity index is 448. The van der Waals surface area contributed by atoms with Gasteiger partial charge < -0.3 is 25.2 Å². The van der Waals surface area contributed by atoms with Gasteiger partial charge in [0.25, 0.3) is 0 Å². The summed E-state index contributed by atoms with van der Waals surface area (Å²) < 4.78 is 5.65. The van der Waals surface area contributed by atoms with E-state index in [1.807, 2.05) is 6.08 Å². The fourth-order valence-electron chi connectivity index (χ4n) is 2.97. The lowest BCUT2D eigenvalue weighted by atomic mass is 10.0. The molecule has 26 heavy (non-hydrogen) atoms. The highest BCUT2D eigenvalue weighted by atomic mass is 16.5. The van der Waals surface area contributed by atoms with E-state index in [2.05, 4.69) is 13.0 Å². The molecule has 0 aromatic heterocycles. The molecule has 0 bridgehead atoms. The van der Waals surface area contributed by atoms with E-state index in [1.165, 1.54) is 12.8 Å². The van der Waals surface area contributed by atoms with Crippen LogP contribution in [0.5, 0.6) is 0 Å². The Morgan fingerprint density at radius 3 is 2.69 bits per heavy atom. The fraction of sp³-hybridized carbons (Fsp3) is 0.750. The van der Waals surface area contributed by atoms with Gasteiger partial charge in [0.1, 0.15) is 6.10 Å². The quantitative estimate of drug-likeness (QED) is 0.293. The summed E-state index contributed by atoms with van der Waals surface area (Å²) in [6.45, 7) is 2.16. The van der Waals surface area contributed by atoms with E-state index in [9.17, 15) is 20.1 Å². The molecule has 0 aromatic carbocycles. The van der Waals surface area contributed by atoms with E-state index >= 15 is 0 Å². The number of hydrogen-bond acceptors (Lipinski definition) is 5. The van der Waals surface area contributed by atoms with Gasteiger partial charge in [0, 0.05) is 12.8 Å². The second kappa shape index (κ2) is 13.0. The lowest BCUT2D eigenvalue weighted by Crippen LogP contribution is -2.26. The molecule has 0 aliphatic carbocycles. The molecule has 1 fully saturated rings. The number of allylic oxidation sites excluding steroid dienone is 1. The van der Waals surface area contributed by atoms with E-state index in [-0.39, 0.29) is 6.42 Å². The van der Waals surface area contributed by atoms with Crippen molar-refractivity contribution in [3.05, 3.63) is 24.3 Å². The first-order valence-electron chi connectivity index (χ1n) is 9.68. The molecule has 6 heteroatoms. The van der Waals surface area contributed by atoms with E-state index in [0.29, 0.717) is 25.7 Å². The third-order valence-corrected chi connectivity index (χ3v) is 4.55. The zero-order chi connectivity index (χ0) is 19.4. The monoisotopic (exact) mass is 370 g/mol. The number of rotatable bonds is 13. The average Bonchev–Trinajstić information content (AvgIpc) is 2.96. The molecule has 5 atom stereocenters. The summed E-state index contributed by atoms with van der Waals surface area (Å²) in [6.07, 6.45) is 10.2. The van der Waals surface area contributed by atoms with Gasteiger partial charge in [-0.1, -0.05) is 44.1 Å². The van der Waals surface area contributed by atoms with E-state index in [4.69, 9.17) is 9.84 Å². The minimum absolute atomic E-state index is 0.00776. The Morgan fingerprint density at radius 2 is 2.00 bits per heavy atom. The van der Waals surface area contributed by atoms with Gasteiger partial charge in [0.05, 0.1) is 24.4 Å². The van der Waals surface area contributed by atoms with Crippen molar-refractivity contribution in [1.29, 1.82) is 0 Å². The normalized spacial score (nSPS) is 25.9. The summed E-state index contributed by atoms with van der Waals surface area (Å²) in [6, 6.07) is 0. The second-order valence-corrected chi connectivity index (χ2v) is 6.95. The summed E-state index contributed by atoms with van der Waals surface area (Å²) in [5, 5.41) is 38.7. The van der Waals surface area contributed by atoms with Crippen molar-refractivity contribution in [1.82, 2.24) is 0 Å². The molecule has 1 saturated heterocycles. The highest BCUT2D eigenvalue weighted by Gasteiger charge is 2.36. The number of aliphatic hydroxyl groups excluding tert-OH is 3. The van der Waals surface area contributed by atoms with Crippen molar-refractivity contribution >= 4 is 5.97 Å². The van der Waals surface area contributed by atoms with Crippen LogP contribution in [0.3, 0.4) is 0 Å². The van der Waals surface area contributed by atoms with Gasteiger partial charge in [-0.2, -0.15) is 0 Å². The lowest BCUT2D eigenvalue weighted by Gasteiger charge is -2.17. The zero-order valence-corrected chi connectivity index (χ0v) is 15.7. The summed E-state index contributed by atoms with van der Waals surface area (Å²) in [4.78, 5) is 10.5. The van der Waals surface area contributed by atoms with Crippen LogP contribution in [-0.4, -0.2) is 56.9 Å². The molecule has 0 amide bonds. The maximum atomic E-state index is 10.5. The number of carboxylic acids is 1. The van der Waals surface area contributed by atoms with Crippen LogP contribution in [-0.2, 0) is 9.53 Å². The highest BCUT2D eigenvalue weighted by Crippen LogP contribution is 2.26. The third-order valence-electron chi connectivity index (χ3n) is 4.55. The van der Waals surface area contributed by atoms with Crippen LogP contribution in [0.25, 0.3) is 0 Å². The first kappa shape index (κ1) is 22.8. The topological polar surface area (TPSA) is 107 Å². The zero-order valence-electron chi connectivity index (χ0n) is 15.7. The molecule has 6 nitrogen and oxygen atoms in total. The van der Waals surface area contributed by atoms with E-state index in [0.717, 1.165) is 12.8 Å². The smallest absolute Gasteiger partial charge is 0.303 e. The van der Waals surface area contributed by atoms with Crippen LogP contribution < -0.4 is 0 Å². The number of ether oxygens (including phenoxy) is 1.